The summed E-state index contributed by atoms with van der Waals surface area (Å²) in [5.41, 5.74) is 1.38. The molecule has 0 saturated carbocycles. The van der Waals surface area contributed by atoms with Gasteiger partial charge in [0.1, 0.15) is 0 Å². The molecule has 0 aromatic heterocycles. The first-order valence-corrected chi connectivity index (χ1v) is 10.4. The van der Waals surface area contributed by atoms with Crippen molar-refractivity contribution in [1.82, 2.24) is 9.21 Å². The fourth-order valence-corrected chi connectivity index (χ4v) is 4.51. The summed E-state index contributed by atoms with van der Waals surface area (Å²) >= 11 is 0. The van der Waals surface area contributed by atoms with Gasteiger partial charge in [0.2, 0.25) is 10.0 Å². The van der Waals surface area contributed by atoms with E-state index < -0.39 is 10.0 Å². The molecule has 0 radical (unpaired) electrons. The van der Waals surface area contributed by atoms with Gasteiger partial charge in [-0.25, -0.2) is 8.42 Å². The molecular formula is C20H24N2O4S. The fourth-order valence-electron chi connectivity index (χ4n) is 3.06. The molecule has 2 aromatic carbocycles. The molecular weight excluding hydrogens is 364 g/mol. The fraction of sp³-hybridized carbons (Fsp3) is 0.350. The van der Waals surface area contributed by atoms with Gasteiger partial charge in [0.15, 0.2) is 0 Å². The maximum absolute atomic E-state index is 12.9. The topological polar surface area (TPSA) is 66.9 Å². The van der Waals surface area contributed by atoms with E-state index in [-0.39, 0.29) is 16.8 Å². The summed E-state index contributed by atoms with van der Waals surface area (Å²) in [6, 6.07) is 15.8. The van der Waals surface area contributed by atoms with Crippen LogP contribution in [0.5, 0.6) is 0 Å². The molecule has 0 spiro atoms. The molecule has 6 nitrogen and oxygen atoms in total. The van der Waals surface area contributed by atoms with E-state index in [1.54, 1.807) is 24.1 Å². The quantitative estimate of drug-likeness (QED) is 0.789. The molecule has 1 saturated heterocycles. The third kappa shape index (κ3) is 4.21. The van der Waals surface area contributed by atoms with Gasteiger partial charge in [0.05, 0.1) is 24.2 Å². The third-order valence-electron chi connectivity index (χ3n) is 4.87. The average Bonchev–Trinajstić information content (AvgIpc) is 2.73. The maximum Gasteiger partial charge on any atom is 0.254 e. The predicted molar refractivity (Wildman–Crippen MR) is 103 cm³/mol. The molecule has 1 amide bonds. The Morgan fingerprint density at radius 1 is 1.07 bits per heavy atom. The number of carbonyl (C=O) groups excluding carboxylic acids is 1. The summed E-state index contributed by atoms with van der Waals surface area (Å²) in [6.45, 7) is 3.36. The smallest absolute Gasteiger partial charge is 0.254 e. The van der Waals surface area contributed by atoms with Gasteiger partial charge in [-0.15, -0.1) is 0 Å². The number of carbonyl (C=O) groups is 1. The number of ether oxygens (including phenoxy) is 1. The lowest BCUT2D eigenvalue weighted by molar-refractivity contribution is 0.0728. The number of nitrogens with zero attached hydrogens (tertiary/aromatic N) is 2. The summed E-state index contributed by atoms with van der Waals surface area (Å²) in [5.74, 6) is -0.217. The first-order valence-electron chi connectivity index (χ1n) is 8.91. The van der Waals surface area contributed by atoms with Crippen LogP contribution in [0.1, 0.15) is 28.9 Å². The van der Waals surface area contributed by atoms with Crippen LogP contribution < -0.4 is 0 Å². The van der Waals surface area contributed by atoms with Crippen molar-refractivity contribution in [2.45, 2.75) is 17.9 Å². The third-order valence-corrected chi connectivity index (χ3v) is 6.77. The lowest BCUT2D eigenvalue weighted by Gasteiger charge is -2.27. The molecule has 0 bridgehead atoms. The van der Waals surface area contributed by atoms with Gasteiger partial charge in [0.25, 0.3) is 5.91 Å². The van der Waals surface area contributed by atoms with Crippen molar-refractivity contribution >= 4 is 15.9 Å². The molecule has 3 rings (SSSR count). The first-order chi connectivity index (χ1) is 12.9. The molecule has 2 aromatic rings. The zero-order valence-corrected chi connectivity index (χ0v) is 16.4. The summed E-state index contributed by atoms with van der Waals surface area (Å²) < 4.78 is 32.3. The minimum absolute atomic E-state index is 0.127. The number of hydrogen-bond acceptors (Lipinski definition) is 4. The molecule has 1 aliphatic rings. The molecule has 1 atom stereocenters. The summed E-state index contributed by atoms with van der Waals surface area (Å²) in [5, 5.41) is 0. The van der Waals surface area contributed by atoms with Crippen LogP contribution in [0.15, 0.2) is 59.5 Å². The summed E-state index contributed by atoms with van der Waals surface area (Å²) in [7, 11) is -1.91. The predicted octanol–water partition coefficient (Wildman–Crippen LogP) is 2.54. The summed E-state index contributed by atoms with van der Waals surface area (Å²) in [6.07, 6.45) is 0. The minimum atomic E-state index is -3.63. The average molecular weight is 388 g/mol. The van der Waals surface area contributed by atoms with Crippen molar-refractivity contribution in [2.24, 2.45) is 0 Å². The van der Waals surface area contributed by atoms with Crippen molar-refractivity contribution in [3.05, 3.63) is 65.7 Å². The van der Waals surface area contributed by atoms with Gasteiger partial charge in [-0.2, -0.15) is 4.31 Å². The SMILES string of the molecule is C[C@H](c1ccccc1)N(C)C(=O)c1cccc(S(=O)(=O)N2CCOCC2)c1. The number of morpholine rings is 1. The van der Waals surface area contributed by atoms with E-state index >= 15 is 0 Å². The minimum Gasteiger partial charge on any atom is -0.379 e. The van der Waals surface area contributed by atoms with Crippen LogP contribution in [0.3, 0.4) is 0 Å². The number of sulfonamides is 1. The van der Waals surface area contributed by atoms with Crippen molar-refractivity contribution in [3.8, 4) is 0 Å². The Kier molecular flexibility index (Phi) is 5.94. The highest BCUT2D eigenvalue weighted by molar-refractivity contribution is 7.89. The first kappa shape index (κ1) is 19.5. The molecule has 0 unspecified atom stereocenters. The van der Waals surface area contributed by atoms with Crippen LogP contribution in [0.2, 0.25) is 0 Å². The summed E-state index contributed by atoms with van der Waals surface area (Å²) in [4.78, 5) is 14.7. The zero-order chi connectivity index (χ0) is 19.4. The van der Waals surface area contributed by atoms with Crippen molar-refractivity contribution in [2.75, 3.05) is 33.4 Å². The molecule has 1 fully saturated rings. The van der Waals surface area contributed by atoms with Crippen LogP contribution in [0.4, 0.5) is 0 Å². The molecule has 1 heterocycles. The van der Waals surface area contributed by atoms with Crippen LogP contribution >= 0.6 is 0 Å². The van der Waals surface area contributed by atoms with Crippen LogP contribution in [-0.4, -0.2) is 56.9 Å². The Hall–Kier alpha value is -2.22. The Bertz CT molecular complexity index is 893. The van der Waals surface area contributed by atoms with E-state index in [2.05, 4.69) is 0 Å². The second-order valence-corrected chi connectivity index (χ2v) is 8.48. The van der Waals surface area contributed by atoms with Gasteiger partial charge >= 0.3 is 0 Å². The molecule has 7 heteroatoms. The van der Waals surface area contributed by atoms with Gasteiger partial charge in [-0.05, 0) is 30.7 Å². The Morgan fingerprint density at radius 2 is 1.74 bits per heavy atom. The largest absolute Gasteiger partial charge is 0.379 e. The number of hydrogen-bond donors (Lipinski definition) is 0. The van der Waals surface area contributed by atoms with Crippen molar-refractivity contribution in [3.63, 3.8) is 0 Å². The van der Waals surface area contributed by atoms with E-state index in [1.165, 1.54) is 16.4 Å². The molecule has 144 valence electrons. The second-order valence-electron chi connectivity index (χ2n) is 6.55. The monoisotopic (exact) mass is 388 g/mol. The number of rotatable bonds is 5. The normalized spacial score (nSPS) is 16.7. The highest BCUT2D eigenvalue weighted by Crippen LogP contribution is 2.23. The van der Waals surface area contributed by atoms with E-state index in [1.807, 2.05) is 37.3 Å². The van der Waals surface area contributed by atoms with Crippen LogP contribution in [-0.2, 0) is 14.8 Å². The molecule has 1 aliphatic heterocycles. The standard InChI is InChI=1S/C20H24N2O4S/c1-16(17-7-4-3-5-8-17)21(2)20(23)18-9-6-10-19(15-18)27(24,25)22-11-13-26-14-12-22/h3-10,15-16H,11-14H2,1-2H3/t16-/m1/s1. The molecule has 0 N–H and O–H groups in total. The molecule has 27 heavy (non-hydrogen) atoms. The zero-order valence-electron chi connectivity index (χ0n) is 15.5. The number of amides is 1. The highest BCUT2D eigenvalue weighted by Gasteiger charge is 2.27. The maximum atomic E-state index is 12.9. The highest BCUT2D eigenvalue weighted by atomic mass is 32.2. The lowest BCUT2D eigenvalue weighted by Crippen LogP contribution is -2.40. The second kappa shape index (κ2) is 8.21. The van der Waals surface area contributed by atoms with Crippen LogP contribution in [0, 0.1) is 0 Å². The van der Waals surface area contributed by atoms with Gasteiger partial charge in [-0.3, -0.25) is 4.79 Å². The van der Waals surface area contributed by atoms with Crippen molar-refractivity contribution in [1.29, 1.82) is 0 Å². The van der Waals surface area contributed by atoms with Crippen molar-refractivity contribution < 1.29 is 17.9 Å². The Labute approximate surface area is 160 Å². The van der Waals surface area contributed by atoms with Gasteiger partial charge in [-0.1, -0.05) is 36.4 Å². The van der Waals surface area contributed by atoms with Gasteiger partial charge < -0.3 is 9.64 Å². The number of benzene rings is 2. The lowest BCUT2D eigenvalue weighted by atomic mass is 10.1. The Balaban J connectivity index is 1.83. The van der Waals surface area contributed by atoms with E-state index in [4.69, 9.17) is 4.74 Å². The van der Waals surface area contributed by atoms with Gasteiger partial charge in [0, 0.05) is 25.7 Å². The van der Waals surface area contributed by atoms with E-state index in [0.29, 0.717) is 31.9 Å². The Morgan fingerprint density at radius 3 is 2.41 bits per heavy atom. The van der Waals surface area contributed by atoms with E-state index in [0.717, 1.165) is 5.56 Å². The van der Waals surface area contributed by atoms with E-state index in [9.17, 15) is 13.2 Å². The van der Waals surface area contributed by atoms with Crippen LogP contribution in [0.25, 0.3) is 0 Å². The molecule has 0 aliphatic carbocycles.